The maximum atomic E-state index is 5.92. The summed E-state index contributed by atoms with van der Waals surface area (Å²) in [6.45, 7) is 6.54. The summed E-state index contributed by atoms with van der Waals surface area (Å²) in [5.74, 6) is 0.722. The molecule has 2 nitrogen and oxygen atoms in total. The molecule has 0 aliphatic rings. The molecule has 0 spiro atoms. The molecule has 0 aliphatic carbocycles. The van der Waals surface area contributed by atoms with Gasteiger partial charge in [-0.2, -0.15) is 0 Å². The highest BCUT2D eigenvalue weighted by molar-refractivity contribution is 7.10. The van der Waals surface area contributed by atoms with Crippen molar-refractivity contribution in [3.63, 3.8) is 0 Å². The standard InChI is InChI=1S/C13H23ClN2S/c1-10(2)5-12(8-16(3)4)15-7-13-6-11(14)9-17-13/h6,9-10,12,15H,5,7-8H2,1-4H3. The van der Waals surface area contributed by atoms with Crippen molar-refractivity contribution < 1.29 is 0 Å². The predicted octanol–water partition coefficient (Wildman–Crippen LogP) is 3.47. The highest BCUT2D eigenvalue weighted by Gasteiger charge is 2.11. The fraction of sp³-hybridized carbons (Fsp3) is 0.692. The van der Waals surface area contributed by atoms with Gasteiger partial charge in [-0.1, -0.05) is 25.4 Å². The number of halogens is 1. The average Bonchev–Trinajstić information content (AvgIpc) is 2.59. The van der Waals surface area contributed by atoms with E-state index in [-0.39, 0.29) is 0 Å². The lowest BCUT2D eigenvalue weighted by Crippen LogP contribution is -2.38. The Morgan fingerprint density at radius 2 is 2.12 bits per heavy atom. The fourth-order valence-corrected chi connectivity index (χ4v) is 2.95. The van der Waals surface area contributed by atoms with Crippen molar-refractivity contribution in [2.24, 2.45) is 5.92 Å². The molecular weight excluding hydrogens is 252 g/mol. The van der Waals surface area contributed by atoms with Crippen molar-refractivity contribution in [2.75, 3.05) is 20.6 Å². The van der Waals surface area contributed by atoms with Gasteiger partial charge < -0.3 is 10.2 Å². The minimum absolute atomic E-state index is 0.547. The van der Waals surface area contributed by atoms with Crippen LogP contribution in [0.4, 0.5) is 0 Å². The van der Waals surface area contributed by atoms with E-state index in [0.29, 0.717) is 6.04 Å². The maximum Gasteiger partial charge on any atom is 0.0516 e. The van der Waals surface area contributed by atoms with E-state index < -0.39 is 0 Å². The highest BCUT2D eigenvalue weighted by atomic mass is 35.5. The van der Waals surface area contributed by atoms with Crippen LogP contribution in [0.1, 0.15) is 25.1 Å². The summed E-state index contributed by atoms with van der Waals surface area (Å²) in [4.78, 5) is 3.55. The van der Waals surface area contributed by atoms with Gasteiger partial charge >= 0.3 is 0 Å². The molecule has 0 amide bonds. The second-order valence-corrected chi connectivity index (χ2v) is 6.63. The minimum atomic E-state index is 0.547. The summed E-state index contributed by atoms with van der Waals surface area (Å²) >= 11 is 7.64. The molecule has 0 fully saturated rings. The summed E-state index contributed by atoms with van der Waals surface area (Å²) in [7, 11) is 4.24. The topological polar surface area (TPSA) is 15.3 Å². The zero-order chi connectivity index (χ0) is 12.8. The SMILES string of the molecule is CC(C)CC(CN(C)C)NCc1cc(Cl)cs1. The molecule has 0 saturated carbocycles. The number of hydrogen-bond acceptors (Lipinski definition) is 3. The van der Waals surface area contributed by atoms with Gasteiger partial charge in [-0.25, -0.2) is 0 Å². The molecule has 0 radical (unpaired) electrons. The van der Waals surface area contributed by atoms with Gasteiger partial charge in [0, 0.05) is 29.4 Å². The Kier molecular flexibility index (Phi) is 6.49. The molecule has 1 aromatic heterocycles. The molecule has 17 heavy (non-hydrogen) atoms. The third kappa shape index (κ3) is 6.41. The van der Waals surface area contributed by atoms with Crippen LogP contribution in [0.3, 0.4) is 0 Å². The third-order valence-electron chi connectivity index (χ3n) is 2.53. The van der Waals surface area contributed by atoms with Gasteiger partial charge in [-0.15, -0.1) is 11.3 Å². The van der Waals surface area contributed by atoms with Crippen LogP contribution in [0.2, 0.25) is 5.02 Å². The molecule has 1 heterocycles. The first kappa shape index (κ1) is 15.0. The van der Waals surface area contributed by atoms with E-state index in [1.54, 1.807) is 11.3 Å². The van der Waals surface area contributed by atoms with E-state index in [2.05, 4.69) is 38.2 Å². The molecule has 1 unspecified atom stereocenters. The van der Waals surface area contributed by atoms with Crippen LogP contribution >= 0.6 is 22.9 Å². The summed E-state index contributed by atoms with van der Waals surface area (Å²) in [5.41, 5.74) is 0. The molecule has 1 N–H and O–H groups in total. The molecule has 0 aliphatic heterocycles. The first-order valence-electron chi connectivity index (χ1n) is 6.08. The molecule has 1 aromatic rings. The van der Waals surface area contributed by atoms with Crippen LogP contribution < -0.4 is 5.32 Å². The summed E-state index contributed by atoms with van der Waals surface area (Å²) in [6.07, 6.45) is 1.21. The van der Waals surface area contributed by atoms with Crippen molar-refractivity contribution in [3.8, 4) is 0 Å². The Hall–Kier alpha value is -0.0900. The van der Waals surface area contributed by atoms with Gasteiger partial charge in [0.25, 0.3) is 0 Å². The Bertz CT molecular complexity index is 313. The van der Waals surface area contributed by atoms with Gasteiger partial charge in [-0.05, 0) is 32.5 Å². The first-order valence-corrected chi connectivity index (χ1v) is 7.34. The summed E-state index contributed by atoms with van der Waals surface area (Å²) in [5, 5.41) is 6.46. The van der Waals surface area contributed by atoms with E-state index in [4.69, 9.17) is 11.6 Å². The Labute approximate surface area is 114 Å². The quantitative estimate of drug-likeness (QED) is 0.819. The maximum absolute atomic E-state index is 5.92. The largest absolute Gasteiger partial charge is 0.308 e. The number of thiophene rings is 1. The van der Waals surface area contributed by atoms with E-state index >= 15 is 0 Å². The third-order valence-corrected chi connectivity index (χ3v) is 3.81. The smallest absolute Gasteiger partial charge is 0.0516 e. The van der Waals surface area contributed by atoms with Crippen LogP contribution in [0.25, 0.3) is 0 Å². The molecule has 1 atom stereocenters. The lowest BCUT2D eigenvalue weighted by molar-refractivity contribution is 0.305. The molecule has 1 rings (SSSR count). The Morgan fingerprint density at radius 3 is 2.59 bits per heavy atom. The first-order chi connectivity index (χ1) is 7.97. The highest BCUT2D eigenvalue weighted by Crippen LogP contribution is 2.19. The molecule has 4 heteroatoms. The van der Waals surface area contributed by atoms with E-state index in [0.717, 1.165) is 24.0 Å². The van der Waals surface area contributed by atoms with Crippen molar-refractivity contribution in [1.29, 1.82) is 0 Å². The molecule has 98 valence electrons. The lowest BCUT2D eigenvalue weighted by atomic mass is 10.0. The van der Waals surface area contributed by atoms with Gasteiger partial charge in [-0.3, -0.25) is 0 Å². The van der Waals surface area contributed by atoms with Gasteiger partial charge in [0.2, 0.25) is 0 Å². The van der Waals surface area contributed by atoms with Crippen LogP contribution in [0, 0.1) is 5.92 Å². The summed E-state index contributed by atoms with van der Waals surface area (Å²) in [6, 6.07) is 2.59. The molecule has 0 bridgehead atoms. The minimum Gasteiger partial charge on any atom is -0.308 e. The van der Waals surface area contributed by atoms with E-state index in [9.17, 15) is 0 Å². The van der Waals surface area contributed by atoms with Crippen LogP contribution in [0.15, 0.2) is 11.4 Å². The second-order valence-electron chi connectivity index (χ2n) is 5.20. The Morgan fingerprint density at radius 1 is 1.41 bits per heavy atom. The molecular formula is C13H23ClN2S. The van der Waals surface area contributed by atoms with Crippen molar-refractivity contribution in [1.82, 2.24) is 10.2 Å². The number of nitrogens with zero attached hydrogens (tertiary/aromatic N) is 1. The number of hydrogen-bond donors (Lipinski definition) is 1. The van der Waals surface area contributed by atoms with E-state index in [1.807, 2.05) is 11.4 Å². The van der Waals surface area contributed by atoms with E-state index in [1.165, 1.54) is 11.3 Å². The fourth-order valence-electron chi connectivity index (χ4n) is 1.92. The predicted molar refractivity (Wildman–Crippen MR) is 78.0 cm³/mol. The number of likely N-dealkylation sites (N-methyl/N-ethyl adjacent to an activating group) is 1. The van der Waals surface area contributed by atoms with Crippen LogP contribution in [0.5, 0.6) is 0 Å². The second kappa shape index (κ2) is 7.37. The number of nitrogens with one attached hydrogen (secondary N) is 1. The Balaban J connectivity index is 2.42. The summed E-state index contributed by atoms with van der Waals surface area (Å²) < 4.78 is 0. The van der Waals surface area contributed by atoms with Crippen LogP contribution in [-0.4, -0.2) is 31.6 Å². The van der Waals surface area contributed by atoms with Crippen molar-refractivity contribution in [2.45, 2.75) is 32.9 Å². The zero-order valence-electron chi connectivity index (χ0n) is 11.2. The normalized spacial score (nSPS) is 13.6. The molecule has 0 saturated heterocycles. The van der Waals surface area contributed by atoms with Gasteiger partial charge in [0.05, 0.1) is 5.02 Å². The lowest BCUT2D eigenvalue weighted by Gasteiger charge is -2.23. The number of rotatable bonds is 7. The van der Waals surface area contributed by atoms with Gasteiger partial charge in [0.1, 0.15) is 0 Å². The van der Waals surface area contributed by atoms with Crippen molar-refractivity contribution >= 4 is 22.9 Å². The van der Waals surface area contributed by atoms with Crippen molar-refractivity contribution in [3.05, 3.63) is 21.3 Å². The monoisotopic (exact) mass is 274 g/mol. The van der Waals surface area contributed by atoms with Crippen LogP contribution in [-0.2, 0) is 6.54 Å². The van der Waals surface area contributed by atoms with Gasteiger partial charge in [0.15, 0.2) is 0 Å². The zero-order valence-corrected chi connectivity index (χ0v) is 12.7. The molecule has 0 aromatic carbocycles. The average molecular weight is 275 g/mol.